The van der Waals surface area contributed by atoms with E-state index in [1.54, 1.807) is 0 Å². The van der Waals surface area contributed by atoms with Crippen LogP contribution in [0.4, 0.5) is 0 Å². The van der Waals surface area contributed by atoms with E-state index in [0.29, 0.717) is 0 Å². The summed E-state index contributed by atoms with van der Waals surface area (Å²) in [5, 5.41) is 0. The minimum atomic E-state index is 0.0654. The van der Waals surface area contributed by atoms with Gasteiger partial charge < -0.3 is 0 Å². The molecule has 0 unspecified atom stereocenters. The van der Waals surface area contributed by atoms with E-state index in [1.165, 1.54) is 11.3 Å². The van der Waals surface area contributed by atoms with Crippen molar-refractivity contribution in [2.45, 2.75) is 34.1 Å². The van der Waals surface area contributed by atoms with E-state index in [-0.39, 0.29) is 5.41 Å². The number of nitrogens with zero attached hydrogens (tertiary/aromatic N) is 1. The molecular formula is C9H16IN. The van der Waals surface area contributed by atoms with Gasteiger partial charge in [-0.2, -0.15) is 0 Å². The Morgan fingerprint density at radius 1 is 1.55 bits per heavy atom. The Morgan fingerprint density at radius 2 is 2.00 bits per heavy atom. The molecule has 0 fully saturated rings. The zero-order chi connectivity index (χ0) is 9.07. The summed E-state index contributed by atoms with van der Waals surface area (Å²) < 4.78 is 4.23. The second kappa shape index (κ2) is 4.24. The molecule has 0 aliphatic heterocycles. The molecular weight excluding hydrogens is 249 g/mol. The number of rotatable bonds is 3. The van der Waals surface area contributed by atoms with Crippen molar-refractivity contribution < 1.29 is 0 Å². The number of allylic oxidation sites excluding steroid dienone is 1. The molecule has 0 N–H and O–H groups in total. The van der Waals surface area contributed by atoms with Crippen LogP contribution in [0, 0.1) is 5.41 Å². The minimum Gasteiger partial charge on any atom is -0.223 e. The monoisotopic (exact) mass is 265 g/mol. The lowest BCUT2D eigenvalue weighted by atomic mass is 9.80. The normalized spacial score (nSPS) is 13.4. The first-order valence-electron chi connectivity index (χ1n) is 3.81. The lowest BCUT2D eigenvalue weighted by Crippen LogP contribution is -2.23. The van der Waals surface area contributed by atoms with E-state index in [4.69, 9.17) is 0 Å². The summed E-state index contributed by atoms with van der Waals surface area (Å²) in [7, 11) is 0. The molecule has 0 amide bonds. The third-order valence-electron chi connectivity index (χ3n) is 2.23. The molecule has 0 atom stereocenters. The molecule has 11 heavy (non-hydrogen) atoms. The Labute approximate surface area is 83.5 Å². The van der Waals surface area contributed by atoms with Crippen LogP contribution in [0.25, 0.3) is 0 Å². The van der Waals surface area contributed by atoms with E-state index >= 15 is 0 Å². The molecule has 0 aliphatic carbocycles. The highest BCUT2D eigenvalue weighted by atomic mass is 127. The van der Waals surface area contributed by atoms with Crippen LogP contribution in [0.2, 0.25) is 0 Å². The fourth-order valence-electron chi connectivity index (χ4n) is 0.854. The van der Waals surface area contributed by atoms with Crippen molar-refractivity contribution >= 4 is 28.6 Å². The Kier molecular flexibility index (Phi) is 4.29. The molecule has 0 saturated carbocycles. The van der Waals surface area contributed by atoms with Gasteiger partial charge in [-0.3, -0.25) is 0 Å². The maximum Gasteiger partial charge on any atom is 0.0830 e. The van der Waals surface area contributed by atoms with E-state index in [1.807, 2.05) is 0 Å². The highest BCUT2D eigenvalue weighted by Crippen LogP contribution is 2.28. The van der Waals surface area contributed by atoms with E-state index in [9.17, 15) is 0 Å². The second-order valence-corrected chi connectivity index (χ2v) is 3.77. The van der Waals surface area contributed by atoms with Crippen LogP contribution in [-0.2, 0) is 0 Å². The van der Waals surface area contributed by atoms with Crippen molar-refractivity contribution in [3.05, 3.63) is 12.2 Å². The second-order valence-electron chi connectivity index (χ2n) is 3.29. The lowest BCUT2D eigenvalue weighted by Gasteiger charge is -2.25. The predicted molar refractivity (Wildman–Crippen MR) is 60.3 cm³/mol. The summed E-state index contributed by atoms with van der Waals surface area (Å²) in [6.45, 7) is 12.5. The third-order valence-corrected chi connectivity index (χ3v) is 2.81. The van der Waals surface area contributed by atoms with Crippen molar-refractivity contribution in [3.8, 4) is 0 Å². The fourth-order valence-corrected chi connectivity index (χ4v) is 1.80. The van der Waals surface area contributed by atoms with Crippen LogP contribution in [0.15, 0.2) is 15.4 Å². The molecule has 0 aliphatic rings. The summed E-state index contributed by atoms with van der Waals surface area (Å²) in [5.41, 5.74) is 2.45. The molecule has 0 aromatic carbocycles. The van der Waals surface area contributed by atoms with Crippen LogP contribution in [0.3, 0.4) is 0 Å². The first-order chi connectivity index (χ1) is 4.96. The van der Waals surface area contributed by atoms with Gasteiger partial charge in [0, 0.05) is 11.1 Å². The molecule has 1 nitrogen and oxygen atoms in total. The zero-order valence-electron chi connectivity index (χ0n) is 7.74. The highest BCUT2D eigenvalue weighted by molar-refractivity contribution is 14.1. The third kappa shape index (κ3) is 2.58. The Balaban J connectivity index is 4.66. The van der Waals surface area contributed by atoms with Gasteiger partial charge in [0.2, 0.25) is 0 Å². The van der Waals surface area contributed by atoms with Crippen molar-refractivity contribution in [2.24, 2.45) is 8.62 Å². The Hall–Kier alpha value is 0.140. The molecule has 64 valence electrons. The predicted octanol–water partition coefficient (Wildman–Crippen LogP) is 3.79. The van der Waals surface area contributed by atoms with Gasteiger partial charge >= 0.3 is 0 Å². The van der Waals surface area contributed by atoms with Crippen LogP contribution in [0.1, 0.15) is 34.1 Å². The van der Waals surface area contributed by atoms with Gasteiger partial charge in [-0.1, -0.05) is 32.9 Å². The molecule has 2 heteroatoms. The van der Waals surface area contributed by atoms with Gasteiger partial charge in [-0.25, -0.2) is 3.21 Å². The first kappa shape index (κ1) is 11.1. The Morgan fingerprint density at radius 3 is 2.09 bits per heavy atom. The average molecular weight is 265 g/mol. The summed E-state index contributed by atoms with van der Waals surface area (Å²) in [6.07, 6.45) is 1.00. The molecule has 0 heterocycles. The number of hydrogen-bond acceptors (Lipinski definition) is 1. The number of halogens is 1. The maximum absolute atomic E-state index is 4.23. The van der Waals surface area contributed by atoms with Crippen molar-refractivity contribution in [1.82, 2.24) is 0 Å². The molecule has 0 aromatic rings. The van der Waals surface area contributed by atoms with Crippen LogP contribution < -0.4 is 0 Å². The maximum atomic E-state index is 4.23. The van der Waals surface area contributed by atoms with Crippen LogP contribution in [0.5, 0.6) is 0 Å². The quantitative estimate of drug-likeness (QED) is 0.418. The first-order valence-corrected chi connectivity index (χ1v) is 4.77. The highest BCUT2D eigenvalue weighted by Gasteiger charge is 2.23. The van der Waals surface area contributed by atoms with Crippen molar-refractivity contribution in [1.29, 1.82) is 0 Å². The molecule has 0 spiro atoms. The summed E-state index contributed by atoms with van der Waals surface area (Å²) >= 11 is 2.05. The summed E-state index contributed by atoms with van der Waals surface area (Å²) in [5.74, 6) is 0. The van der Waals surface area contributed by atoms with Crippen molar-refractivity contribution in [3.63, 3.8) is 0 Å². The van der Waals surface area contributed by atoms with Gasteiger partial charge in [0.25, 0.3) is 0 Å². The van der Waals surface area contributed by atoms with E-state index < -0.39 is 0 Å². The largest absolute Gasteiger partial charge is 0.223 e. The SMILES string of the molecule is C=C(C)C(C)(C)C(CC)=NI. The lowest BCUT2D eigenvalue weighted by molar-refractivity contribution is 0.619. The standard InChI is InChI=1S/C9H16IN/c1-6-8(11-10)9(4,5)7(2)3/h2,6H2,1,3-5H3. The van der Waals surface area contributed by atoms with Crippen molar-refractivity contribution in [2.75, 3.05) is 0 Å². The van der Waals surface area contributed by atoms with Gasteiger partial charge in [-0.15, -0.1) is 0 Å². The zero-order valence-corrected chi connectivity index (χ0v) is 9.90. The number of hydrogen-bond donors (Lipinski definition) is 0. The molecule has 0 saturated heterocycles. The summed E-state index contributed by atoms with van der Waals surface area (Å²) in [6, 6.07) is 0. The van der Waals surface area contributed by atoms with Gasteiger partial charge in [-0.05, 0) is 13.3 Å². The van der Waals surface area contributed by atoms with Gasteiger partial charge in [0.1, 0.15) is 0 Å². The minimum absolute atomic E-state index is 0.0654. The van der Waals surface area contributed by atoms with Gasteiger partial charge in [0.15, 0.2) is 0 Å². The Bertz CT molecular complexity index is 180. The topological polar surface area (TPSA) is 12.4 Å². The average Bonchev–Trinajstić information content (AvgIpc) is 1.89. The van der Waals surface area contributed by atoms with Crippen LogP contribution >= 0.6 is 22.9 Å². The molecule has 0 aromatic heterocycles. The fraction of sp³-hybridized carbons (Fsp3) is 0.667. The molecule has 0 radical (unpaired) electrons. The van der Waals surface area contributed by atoms with Crippen LogP contribution in [-0.4, -0.2) is 5.71 Å². The van der Waals surface area contributed by atoms with Gasteiger partial charge in [0.05, 0.1) is 22.9 Å². The molecule has 0 bridgehead atoms. The van der Waals surface area contributed by atoms with E-state index in [2.05, 4.69) is 60.3 Å². The van der Waals surface area contributed by atoms with E-state index in [0.717, 1.165) is 6.42 Å². The smallest absolute Gasteiger partial charge is 0.0830 e. The molecule has 0 rings (SSSR count). The summed E-state index contributed by atoms with van der Waals surface area (Å²) in [4.78, 5) is 0.